The molecule has 1 amide bonds. The van der Waals surface area contributed by atoms with Crippen LogP contribution in [-0.2, 0) is 10.0 Å². The summed E-state index contributed by atoms with van der Waals surface area (Å²) in [5.41, 5.74) is 1.88. The molecule has 2 N–H and O–H groups in total. The van der Waals surface area contributed by atoms with Gasteiger partial charge in [0.15, 0.2) is 5.13 Å². The van der Waals surface area contributed by atoms with Crippen LogP contribution in [0.15, 0.2) is 89.1 Å². The molecule has 4 aromatic rings. The average Bonchev–Trinajstić information content (AvgIpc) is 3.23. The zero-order chi connectivity index (χ0) is 21.8. The lowest BCUT2D eigenvalue weighted by Crippen LogP contribution is -2.14. The van der Waals surface area contributed by atoms with E-state index in [1.807, 2.05) is 0 Å². The number of thiazole rings is 1. The van der Waals surface area contributed by atoms with Crippen LogP contribution in [0.2, 0.25) is 0 Å². The van der Waals surface area contributed by atoms with Gasteiger partial charge < -0.3 is 0 Å². The van der Waals surface area contributed by atoms with Crippen molar-refractivity contribution in [2.75, 3.05) is 10.0 Å². The predicted octanol–water partition coefficient (Wildman–Crippen LogP) is 5.00. The zero-order valence-corrected chi connectivity index (χ0v) is 17.6. The fourth-order valence-corrected chi connectivity index (χ4v) is 4.56. The summed E-state index contributed by atoms with van der Waals surface area (Å²) in [6.45, 7) is 0. The average molecular weight is 454 g/mol. The molecule has 0 aliphatic rings. The SMILES string of the molecule is O=C(Nc1nc(-c2cccc(F)c2)cs1)c1ccc(S(=O)(=O)Nc2ccccc2)cc1. The van der Waals surface area contributed by atoms with Gasteiger partial charge in [-0.3, -0.25) is 14.8 Å². The first-order valence-electron chi connectivity index (χ1n) is 9.11. The quantitative estimate of drug-likeness (QED) is 0.430. The minimum atomic E-state index is -3.77. The molecule has 0 radical (unpaired) electrons. The molecule has 156 valence electrons. The Hall–Kier alpha value is -3.56. The molecule has 6 nitrogen and oxygen atoms in total. The van der Waals surface area contributed by atoms with Crippen molar-refractivity contribution in [2.45, 2.75) is 4.90 Å². The maximum absolute atomic E-state index is 13.4. The van der Waals surface area contributed by atoms with Crippen LogP contribution in [0.1, 0.15) is 10.4 Å². The number of aromatic nitrogens is 1. The number of carbonyl (C=O) groups excluding carboxylic acids is 1. The third-order valence-electron chi connectivity index (χ3n) is 4.30. The predicted molar refractivity (Wildman–Crippen MR) is 119 cm³/mol. The van der Waals surface area contributed by atoms with E-state index < -0.39 is 15.9 Å². The van der Waals surface area contributed by atoms with Crippen molar-refractivity contribution >= 4 is 38.1 Å². The van der Waals surface area contributed by atoms with Gasteiger partial charge >= 0.3 is 0 Å². The van der Waals surface area contributed by atoms with E-state index in [0.717, 1.165) is 0 Å². The van der Waals surface area contributed by atoms with E-state index in [4.69, 9.17) is 0 Å². The molecule has 3 aromatic carbocycles. The van der Waals surface area contributed by atoms with Crippen molar-refractivity contribution in [2.24, 2.45) is 0 Å². The van der Waals surface area contributed by atoms with Crippen molar-refractivity contribution < 1.29 is 17.6 Å². The number of carbonyl (C=O) groups is 1. The van der Waals surface area contributed by atoms with Crippen LogP contribution in [-0.4, -0.2) is 19.3 Å². The van der Waals surface area contributed by atoms with E-state index in [0.29, 0.717) is 22.1 Å². The van der Waals surface area contributed by atoms with E-state index in [2.05, 4.69) is 15.0 Å². The van der Waals surface area contributed by atoms with Gasteiger partial charge in [-0.25, -0.2) is 17.8 Å². The normalized spacial score (nSPS) is 11.1. The lowest BCUT2D eigenvalue weighted by Gasteiger charge is -2.08. The number of halogens is 1. The summed E-state index contributed by atoms with van der Waals surface area (Å²) in [6, 6.07) is 20.1. The number of nitrogens with zero attached hydrogens (tertiary/aromatic N) is 1. The highest BCUT2D eigenvalue weighted by atomic mass is 32.2. The number of amides is 1. The molecule has 0 bridgehead atoms. The molecule has 9 heteroatoms. The molecule has 0 saturated heterocycles. The Morgan fingerprint density at radius 1 is 0.935 bits per heavy atom. The van der Waals surface area contributed by atoms with E-state index in [1.54, 1.807) is 47.8 Å². The topological polar surface area (TPSA) is 88.2 Å². The van der Waals surface area contributed by atoms with E-state index in [-0.39, 0.29) is 16.3 Å². The fraction of sp³-hybridized carbons (Fsp3) is 0. The first-order valence-corrected chi connectivity index (χ1v) is 11.5. The number of hydrogen-bond donors (Lipinski definition) is 2. The second-order valence-corrected chi connectivity index (χ2v) is 9.04. The van der Waals surface area contributed by atoms with E-state index in [1.165, 1.54) is 47.7 Å². The van der Waals surface area contributed by atoms with Gasteiger partial charge in [-0.05, 0) is 48.5 Å². The maximum atomic E-state index is 13.4. The molecule has 0 spiro atoms. The molecule has 31 heavy (non-hydrogen) atoms. The second-order valence-electron chi connectivity index (χ2n) is 6.50. The van der Waals surface area contributed by atoms with E-state index in [9.17, 15) is 17.6 Å². The Balaban J connectivity index is 1.45. The zero-order valence-electron chi connectivity index (χ0n) is 15.9. The minimum absolute atomic E-state index is 0.0375. The first-order chi connectivity index (χ1) is 14.9. The summed E-state index contributed by atoms with van der Waals surface area (Å²) in [5.74, 6) is -0.798. The summed E-state index contributed by atoms with van der Waals surface area (Å²) < 4.78 is 40.8. The molecule has 0 aliphatic carbocycles. The molecule has 0 fully saturated rings. The van der Waals surface area contributed by atoms with Crippen LogP contribution in [0.25, 0.3) is 11.3 Å². The highest BCUT2D eigenvalue weighted by Gasteiger charge is 2.16. The maximum Gasteiger partial charge on any atom is 0.261 e. The van der Waals surface area contributed by atoms with Gasteiger partial charge in [-0.1, -0.05) is 30.3 Å². The lowest BCUT2D eigenvalue weighted by atomic mass is 10.2. The monoisotopic (exact) mass is 453 g/mol. The van der Waals surface area contributed by atoms with Crippen LogP contribution in [0, 0.1) is 5.82 Å². The van der Waals surface area contributed by atoms with Crippen molar-refractivity contribution in [3.63, 3.8) is 0 Å². The number of para-hydroxylation sites is 1. The molecule has 0 atom stereocenters. The highest BCUT2D eigenvalue weighted by molar-refractivity contribution is 7.92. The van der Waals surface area contributed by atoms with Gasteiger partial charge in [0, 0.05) is 22.2 Å². The molecule has 1 aromatic heterocycles. The first kappa shape index (κ1) is 20.7. The summed E-state index contributed by atoms with van der Waals surface area (Å²) in [6.07, 6.45) is 0. The Morgan fingerprint density at radius 3 is 2.39 bits per heavy atom. The largest absolute Gasteiger partial charge is 0.298 e. The Kier molecular flexibility index (Phi) is 5.79. The number of rotatable bonds is 6. The molecule has 4 rings (SSSR count). The van der Waals surface area contributed by atoms with Gasteiger partial charge in [0.25, 0.3) is 15.9 Å². The third kappa shape index (κ3) is 4.96. The number of benzene rings is 3. The van der Waals surface area contributed by atoms with Crippen LogP contribution in [0.5, 0.6) is 0 Å². The summed E-state index contributed by atoms with van der Waals surface area (Å²) in [5, 5.41) is 4.74. The molecule has 0 aliphatic heterocycles. The number of anilines is 2. The molecule has 0 saturated carbocycles. The van der Waals surface area contributed by atoms with Crippen molar-refractivity contribution in [3.05, 3.63) is 95.6 Å². The van der Waals surface area contributed by atoms with Gasteiger partial charge in [0.2, 0.25) is 0 Å². The van der Waals surface area contributed by atoms with Gasteiger partial charge in [-0.2, -0.15) is 0 Å². The van der Waals surface area contributed by atoms with Crippen molar-refractivity contribution in [1.29, 1.82) is 0 Å². The van der Waals surface area contributed by atoms with Gasteiger partial charge in [-0.15, -0.1) is 11.3 Å². The smallest absolute Gasteiger partial charge is 0.261 e. The summed E-state index contributed by atoms with van der Waals surface area (Å²) in [4.78, 5) is 16.8. The summed E-state index contributed by atoms with van der Waals surface area (Å²) >= 11 is 1.21. The van der Waals surface area contributed by atoms with Crippen molar-refractivity contribution in [3.8, 4) is 11.3 Å². The summed E-state index contributed by atoms with van der Waals surface area (Å²) in [7, 11) is -3.77. The Bertz CT molecular complexity index is 1320. The Morgan fingerprint density at radius 2 is 1.68 bits per heavy atom. The number of sulfonamides is 1. The van der Waals surface area contributed by atoms with Crippen LogP contribution in [0.3, 0.4) is 0 Å². The second kappa shape index (κ2) is 8.66. The molecular weight excluding hydrogens is 437 g/mol. The van der Waals surface area contributed by atoms with Crippen LogP contribution >= 0.6 is 11.3 Å². The van der Waals surface area contributed by atoms with Crippen molar-refractivity contribution in [1.82, 2.24) is 4.98 Å². The van der Waals surface area contributed by atoms with E-state index >= 15 is 0 Å². The van der Waals surface area contributed by atoms with Gasteiger partial charge in [0.05, 0.1) is 10.6 Å². The third-order valence-corrected chi connectivity index (χ3v) is 6.45. The van der Waals surface area contributed by atoms with Crippen LogP contribution in [0.4, 0.5) is 15.2 Å². The lowest BCUT2D eigenvalue weighted by molar-refractivity contribution is 0.102. The standard InChI is InChI=1S/C22H16FN3O3S2/c23-17-6-4-5-16(13-17)20-14-30-22(24-20)25-21(27)15-9-11-19(12-10-15)31(28,29)26-18-7-2-1-3-8-18/h1-14,26H,(H,24,25,27). The molecule has 0 unspecified atom stereocenters. The number of nitrogens with one attached hydrogen (secondary N) is 2. The van der Waals surface area contributed by atoms with Crippen LogP contribution < -0.4 is 10.0 Å². The number of hydrogen-bond acceptors (Lipinski definition) is 5. The minimum Gasteiger partial charge on any atom is -0.298 e. The highest BCUT2D eigenvalue weighted by Crippen LogP contribution is 2.26. The van der Waals surface area contributed by atoms with Gasteiger partial charge in [0.1, 0.15) is 5.82 Å². The Labute approximate surface area is 182 Å². The fourth-order valence-electron chi connectivity index (χ4n) is 2.79. The molecular formula is C22H16FN3O3S2. The molecule has 1 heterocycles.